The van der Waals surface area contributed by atoms with E-state index in [4.69, 9.17) is 9.94 Å². The van der Waals surface area contributed by atoms with Gasteiger partial charge < -0.3 is 10.4 Å². The van der Waals surface area contributed by atoms with E-state index in [1.165, 1.54) is 0 Å². The van der Waals surface area contributed by atoms with Crippen molar-refractivity contribution in [2.24, 2.45) is 0 Å². The van der Waals surface area contributed by atoms with Gasteiger partial charge in [0.25, 0.3) is 0 Å². The molecule has 1 saturated heterocycles. The Bertz CT molecular complexity index is 377. The molecule has 0 radical (unpaired) electrons. The third-order valence-corrected chi connectivity index (χ3v) is 2.79. The minimum Gasteiger partial charge on any atom is -0.481 e. The van der Waals surface area contributed by atoms with E-state index < -0.39 is 11.5 Å². The zero-order chi connectivity index (χ0) is 12.1. The molecule has 5 heteroatoms. The second-order valence-corrected chi connectivity index (χ2v) is 4.33. The van der Waals surface area contributed by atoms with E-state index in [2.05, 4.69) is 10.8 Å². The van der Waals surface area contributed by atoms with Crippen LogP contribution in [0.1, 0.15) is 12.0 Å². The van der Waals surface area contributed by atoms with Gasteiger partial charge in [0.05, 0.1) is 18.6 Å². The summed E-state index contributed by atoms with van der Waals surface area (Å²) < 4.78 is 0. The van der Waals surface area contributed by atoms with Crippen LogP contribution in [-0.2, 0) is 16.2 Å². The highest BCUT2D eigenvalue weighted by Gasteiger charge is 2.39. The smallest absolute Gasteiger partial charge is 0.305 e. The standard InChI is InChI=1S/C12H16N2O3/c15-11(16)6-12(8-13-9-12)14-17-7-10-4-2-1-3-5-10/h1-5,13-14H,6-9H2,(H,15,16). The maximum absolute atomic E-state index is 10.7. The summed E-state index contributed by atoms with van der Waals surface area (Å²) in [6.45, 7) is 1.67. The number of hydroxylamine groups is 1. The fourth-order valence-corrected chi connectivity index (χ4v) is 1.80. The highest BCUT2D eigenvalue weighted by molar-refractivity contribution is 5.68. The number of hydrogen-bond donors (Lipinski definition) is 3. The monoisotopic (exact) mass is 236 g/mol. The Morgan fingerprint density at radius 1 is 1.41 bits per heavy atom. The molecule has 0 aliphatic carbocycles. The topological polar surface area (TPSA) is 70.6 Å². The van der Waals surface area contributed by atoms with Gasteiger partial charge in [0.2, 0.25) is 0 Å². The van der Waals surface area contributed by atoms with Gasteiger partial charge in [0.15, 0.2) is 0 Å². The molecule has 0 spiro atoms. The molecule has 1 fully saturated rings. The number of aliphatic carboxylic acids is 1. The van der Waals surface area contributed by atoms with Gasteiger partial charge in [0.1, 0.15) is 0 Å². The highest BCUT2D eigenvalue weighted by atomic mass is 16.6. The first-order valence-corrected chi connectivity index (χ1v) is 5.56. The van der Waals surface area contributed by atoms with E-state index in [-0.39, 0.29) is 6.42 Å². The summed E-state index contributed by atoms with van der Waals surface area (Å²) in [7, 11) is 0. The second-order valence-electron chi connectivity index (χ2n) is 4.33. The molecule has 2 rings (SSSR count). The summed E-state index contributed by atoms with van der Waals surface area (Å²) in [5, 5.41) is 11.9. The van der Waals surface area contributed by atoms with Crippen LogP contribution in [0.5, 0.6) is 0 Å². The number of carboxylic acid groups (broad SMARTS) is 1. The Morgan fingerprint density at radius 3 is 2.65 bits per heavy atom. The Balaban J connectivity index is 1.79. The number of rotatable bonds is 6. The molecule has 0 bridgehead atoms. The van der Waals surface area contributed by atoms with Crippen LogP contribution in [0.3, 0.4) is 0 Å². The number of carbonyl (C=O) groups is 1. The number of nitrogens with one attached hydrogen (secondary N) is 2. The minimum absolute atomic E-state index is 0.0643. The molecule has 0 atom stereocenters. The quantitative estimate of drug-likeness (QED) is 0.628. The first-order valence-electron chi connectivity index (χ1n) is 5.56. The van der Waals surface area contributed by atoms with Gasteiger partial charge in [-0.05, 0) is 5.56 Å². The summed E-state index contributed by atoms with van der Waals surface area (Å²) in [6, 6.07) is 9.75. The Morgan fingerprint density at radius 2 is 2.12 bits per heavy atom. The zero-order valence-corrected chi connectivity index (χ0v) is 9.48. The first kappa shape index (κ1) is 12.0. The van der Waals surface area contributed by atoms with E-state index in [0.29, 0.717) is 19.7 Å². The second kappa shape index (κ2) is 5.27. The lowest BCUT2D eigenvalue weighted by atomic mass is 9.90. The van der Waals surface area contributed by atoms with Crippen LogP contribution in [0, 0.1) is 0 Å². The molecule has 0 saturated carbocycles. The normalized spacial score (nSPS) is 17.4. The molecular weight excluding hydrogens is 220 g/mol. The van der Waals surface area contributed by atoms with E-state index in [9.17, 15) is 4.79 Å². The third-order valence-electron chi connectivity index (χ3n) is 2.79. The van der Waals surface area contributed by atoms with Crippen LogP contribution in [0.4, 0.5) is 0 Å². The molecule has 0 unspecified atom stereocenters. The maximum atomic E-state index is 10.7. The summed E-state index contributed by atoms with van der Waals surface area (Å²) >= 11 is 0. The van der Waals surface area contributed by atoms with E-state index >= 15 is 0 Å². The molecule has 5 nitrogen and oxygen atoms in total. The van der Waals surface area contributed by atoms with Gasteiger partial charge in [-0.2, -0.15) is 5.48 Å². The number of benzene rings is 1. The lowest BCUT2D eigenvalue weighted by molar-refractivity contribution is -0.143. The fourth-order valence-electron chi connectivity index (χ4n) is 1.80. The molecule has 0 amide bonds. The Labute approximate surface area is 99.7 Å². The van der Waals surface area contributed by atoms with Crippen molar-refractivity contribution in [1.82, 2.24) is 10.8 Å². The van der Waals surface area contributed by atoms with Gasteiger partial charge in [-0.25, -0.2) is 0 Å². The average Bonchev–Trinajstić information content (AvgIpc) is 2.26. The van der Waals surface area contributed by atoms with Gasteiger partial charge >= 0.3 is 5.97 Å². The lowest BCUT2D eigenvalue weighted by Crippen LogP contribution is -2.68. The molecule has 1 aromatic carbocycles. The molecule has 1 aliphatic rings. The minimum atomic E-state index is -0.817. The summed E-state index contributed by atoms with van der Waals surface area (Å²) in [6.07, 6.45) is 0.0643. The van der Waals surface area contributed by atoms with Gasteiger partial charge in [-0.1, -0.05) is 30.3 Å². The molecule has 17 heavy (non-hydrogen) atoms. The van der Waals surface area contributed by atoms with E-state index in [1.807, 2.05) is 30.3 Å². The highest BCUT2D eigenvalue weighted by Crippen LogP contribution is 2.16. The summed E-state index contributed by atoms with van der Waals surface area (Å²) in [4.78, 5) is 16.1. The van der Waals surface area contributed by atoms with Crippen molar-refractivity contribution < 1.29 is 14.7 Å². The third kappa shape index (κ3) is 3.26. The van der Waals surface area contributed by atoms with Crippen molar-refractivity contribution in [3.8, 4) is 0 Å². The molecule has 1 heterocycles. The van der Waals surface area contributed by atoms with Crippen molar-refractivity contribution in [3.05, 3.63) is 35.9 Å². The van der Waals surface area contributed by atoms with Crippen LogP contribution in [0.2, 0.25) is 0 Å². The number of hydrogen-bond acceptors (Lipinski definition) is 4. The Hall–Kier alpha value is -1.43. The van der Waals surface area contributed by atoms with Crippen molar-refractivity contribution in [2.75, 3.05) is 13.1 Å². The first-order chi connectivity index (χ1) is 8.20. The van der Waals surface area contributed by atoms with Crippen LogP contribution in [-0.4, -0.2) is 29.7 Å². The molecule has 1 aliphatic heterocycles. The van der Waals surface area contributed by atoms with E-state index in [0.717, 1.165) is 5.56 Å². The van der Waals surface area contributed by atoms with E-state index in [1.54, 1.807) is 0 Å². The van der Waals surface area contributed by atoms with Crippen molar-refractivity contribution in [1.29, 1.82) is 0 Å². The molecule has 0 aromatic heterocycles. The molecule has 1 aromatic rings. The van der Waals surface area contributed by atoms with Crippen LogP contribution >= 0.6 is 0 Å². The van der Waals surface area contributed by atoms with Gasteiger partial charge in [-0.15, -0.1) is 0 Å². The molecule has 3 N–H and O–H groups in total. The predicted molar refractivity (Wildman–Crippen MR) is 62.2 cm³/mol. The zero-order valence-electron chi connectivity index (χ0n) is 9.48. The van der Waals surface area contributed by atoms with Gasteiger partial charge in [0, 0.05) is 13.1 Å². The van der Waals surface area contributed by atoms with Crippen LogP contribution < -0.4 is 10.8 Å². The van der Waals surface area contributed by atoms with Gasteiger partial charge in [-0.3, -0.25) is 9.63 Å². The largest absolute Gasteiger partial charge is 0.481 e. The fraction of sp³-hybridized carbons (Fsp3) is 0.417. The molecule has 92 valence electrons. The van der Waals surface area contributed by atoms with Crippen LogP contribution in [0.15, 0.2) is 30.3 Å². The summed E-state index contributed by atoms with van der Waals surface area (Å²) in [5.41, 5.74) is 3.46. The van der Waals surface area contributed by atoms with Crippen molar-refractivity contribution >= 4 is 5.97 Å². The summed E-state index contributed by atoms with van der Waals surface area (Å²) in [5.74, 6) is -0.817. The predicted octanol–water partition coefficient (Wildman–Crippen LogP) is 0.524. The number of carboxylic acids is 1. The maximum Gasteiger partial charge on any atom is 0.305 e. The van der Waals surface area contributed by atoms with Crippen molar-refractivity contribution in [2.45, 2.75) is 18.6 Å². The molecular formula is C12H16N2O3. The average molecular weight is 236 g/mol. The van der Waals surface area contributed by atoms with Crippen LogP contribution in [0.25, 0.3) is 0 Å². The SMILES string of the molecule is O=C(O)CC1(NOCc2ccccc2)CNC1. The Kier molecular flexibility index (Phi) is 3.73. The van der Waals surface area contributed by atoms with Crippen molar-refractivity contribution in [3.63, 3.8) is 0 Å². The lowest BCUT2D eigenvalue weighted by Gasteiger charge is -2.41.